The number of nitrogens with one attached hydrogen (secondary N) is 2. The molecule has 5 heteroatoms. The lowest BCUT2D eigenvalue weighted by atomic mass is 9.92. The highest BCUT2D eigenvalue weighted by molar-refractivity contribution is 7.18. The maximum absolute atomic E-state index is 5.64. The summed E-state index contributed by atoms with van der Waals surface area (Å²) in [6.45, 7) is 3.91. The Bertz CT molecular complexity index is 878. The van der Waals surface area contributed by atoms with Crippen molar-refractivity contribution in [3.05, 3.63) is 58.6 Å². The molecule has 136 valence electrons. The zero-order chi connectivity index (χ0) is 17.9. The third-order valence-corrected chi connectivity index (χ3v) is 6.00. The fourth-order valence-corrected chi connectivity index (χ4v) is 4.64. The van der Waals surface area contributed by atoms with E-state index in [1.54, 1.807) is 18.4 Å². The molecule has 0 amide bonds. The molecule has 0 aliphatic carbocycles. The van der Waals surface area contributed by atoms with E-state index in [4.69, 9.17) is 4.74 Å². The van der Waals surface area contributed by atoms with Gasteiger partial charge in [0.15, 0.2) is 0 Å². The van der Waals surface area contributed by atoms with Crippen molar-refractivity contribution < 1.29 is 4.74 Å². The standard InChI is InChI=1S/C21H25N3OS/c1-14-24-18-11-16(19(25-2)12-20(18)26-14)13-23-17-9-6-10-22-21(17)15-7-4-3-5-8-15/h3-5,7-8,11-12,17,21-23H,6,9-10,13H2,1-2H3/t17-,21-/m0/s1. The van der Waals surface area contributed by atoms with Crippen LogP contribution in [0, 0.1) is 6.92 Å². The maximum Gasteiger partial charge on any atom is 0.124 e. The fraction of sp³-hybridized carbons (Fsp3) is 0.381. The first-order valence-electron chi connectivity index (χ1n) is 9.20. The maximum atomic E-state index is 5.64. The van der Waals surface area contributed by atoms with Crippen LogP contribution in [-0.4, -0.2) is 24.7 Å². The number of aryl methyl sites for hydroxylation is 1. The molecule has 0 radical (unpaired) electrons. The number of hydrogen-bond donors (Lipinski definition) is 2. The van der Waals surface area contributed by atoms with Crippen molar-refractivity contribution in [1.29, 1.82) is 0 Å². The van der Waals surface area contributed by atoms with Gasteiger partial charge in [0.2, 0.25) is 0 Å². The van der Waals surface area contributed by atoms with E-state index in [0.29, 0.717) is 12.1 Å². The number of rotatable bonds is 5. The van der Waals surface area contributed by atoms with Gasteiger partial charge in [-0.25, -0.2) is 4.98 Å². The number of benzene rings is 2. The summed E-state index contributed by atoms with van der Waals surface area (Å²) in [6.07, 6.45) is 2.37. The topological polar surface area (TPSA) is 46.2 Å². The molecular weight excluding hydrogens is 342 g/mol. The van der Waals surface area contributed by atoms with E-state index in [1.807, 2.05) is 6.92 Å². The Balaban J connectivity index is 1.54. The number of methoxy groups -OCH3 is 1. The van der Waals surface area contributed by atoms with E-state index in [-0.39, 0.29) is 0 Å². The number of hydrogen-bond acceptors (Lipinski definition) is 5. The Morgan fingerprint density at radius 1 is 1.27 bits per heavy atom. The average Bonchev–Trinajstić information content (AvgIpc) is 3.05. The monoisotopic (exact) mass is 367 g/mol. The fourth-order valence-electron chi connectivity index (χ4n) is 3.80. The largest absolute Gasteiger partial charge is 0.496 e. The third kappa shape index (κ3) is 3.61. The van der Waals surface area contributed by atoms with E-state index in [9.17, 15) is 0 Å². The summed E-state index contributed by atoms with van der Waals surface area (Å²) in [5.74, 6) is 0.939. The summed E-state index contributed by atoms with van der Waals surface area (Å²) in [5, 5.41) is 8.54. The van der Waals surface area contributed by atoms with E-state index in [1.165, 1.54) is 28.7 Å². The Morgan fingerprint density at radius 3 is 2.92 bits per heavy atom. The molecule has 1 aliphatic rings. The van der Waals surface area contributed by atoms with Crippen molar-refractivity contribution in [2.75, 3.05) is 13.7 Å². The van der Waals surface area contributed by atoms with Crippen LogP contribution in [0.1, 0.15) is 35.0 Å². The minimum absolute atomic E-state index is 0.348. The lowest BCUT2D eigenvalue weighted by molar-refractivity contribution is 0.303. The highest BCUT2D eigenvalue weighted by Crippen LogP contribution is 2.30. The van der Waals surface area contributed by atoms with Crippen LogP contribution in [0.2, 0.25) is 0 Å². The van der Waals surface area contributed by atoms with Crippen LogP contribution >= 0.6 is 11.3 Å². The second kappa shape index (κ2) is 7.74. The molecule has 4 nitrogen and oxygen atoms in total. The second-order valence-corrected chi connectivity index (χ2v) is 8.07. The SMILES string of the molecule is COc1cc2sc(C)nc2cc1CN[C@H]1CCCN[C@H]1c1ccccc1. The molecule has 1 aliphatic heterocycles. The lowest BCUT2D eigenvalue weighted by Gasteiger charge is -2.34. The van der Waals surface area contributed by atoms with E-state index in [0.717, 1.165) is 29.4 Å². The van der Waals surface area contributed by atoms with Crippen LogP contribution in [0.25, 0.3) is 10.2 Å². The Morgan fingerprint density at radius 2 is 2.12 bits per heavy atom. The normalized spacial score (nSPS) is 20.4. The molecule has 1 fully saturated rings. The number of aromatic nitrogens is 1. The highest BCUT2D eigenvalue weighted by Gasteiger charge is 2.25. The number of thiazole rings is 1. The van der Waals surface area contributed by atoms with Crippen molar-refractivity contribution in [1.82, 2.24) is 15.6 Å². The van der Waals surface area contributed by atoms with Crippen molar-refractivity contribution in [3.63, 3.8) is 0 Å². The number of piperidine rings is 1. The molecule has 0 spiro atoms. The van der Waals surface area contributed by atoms with Gasteiger partial charge in [0.1, 0.15) is 5.75 Å². The van der Waals surface area contributed by atoms with Gasteiger partial charge in [-0.2, -0.15) is 0 Å². The molecule has 0 bridgehead atoms. The van der Waals surface area contributed by atoms with Gasteiger partial charge < -0.3 is 15.4 Å². The summed E-state index contributed by atoms with van der Waals surface area (Å²) in [7, 11) is 1.74. The first-order chi connectivity index (χ1) is 12.7. The van der Waals surface area contributed by atoms with Crippen LogP contribution in [0.5, 0.6) is 5.75 Å². The van der Waals surface area contributed by atoms with Gasteiger partial charge in [-0.15, -0.1) is 11.3 Å². The Hall–Kier alpha value is -1.95. The molecule has 2 atom stereocenters. The predicted octanol–water partition coefficient (Wildman–Crippen LogP) is 4.20. The van der Waals surface area contributed by atoms with Crippen LogP contribution in [0.15, 0.2) is 42.5 Å². The molecular formula is C21H25N3OS. The van der Waals surface area contributed by atoms with Crippen molar-refractivity contribution in [2.45, 2.75) is 38.4 Å². The average molecular weight is 368 g/mol. The first-order valence-corrected chi connectivity index (χ1v) is 10.0. The van der Waals surface area contributed by atoms with Crippen LogP contribution in [0.3, 0.4) is 0 Å². The van der Waals surface area contributed by atoms with E-state index < -0.39 is 0 Å². The molecule has 2 aromatic carbocycles. The van der Waals surface area contributed by atoms with Crippen molar-refractivity contribution in [2.24, 2.45) is 0 Å². The van der Waals surface area contributed by atoms with E-state index >= 15 is 0 Å². The van der Waals surface area contributed by atoms with Crippen molar-refractivity contribution in [3.8, 4) is 5.75 Å². The van der Waals surface area contributed by atoms with E-state index in [2.05, 4.69) is 58.1 Å². The van der Waals surface area contributed by atoms with Gasteiger partial charge in [-0.1, -0.05) is 30.3 Å². The molecule has 2 heterocycles. The van der Waals surface area contributed by atoms with Crippen LogP contribution in [0.4, 0.5) is 0 Å². The van der Waals surface area contributed by atoms with Crippen molar-refractivity contribution >= 4 is 21.6 Å². The number of nitrogens with zero attached hydrogens (tertiary/aromatic N) is 1. The van der Waals surface area contributed by atoms with Crippen LogP contribution < -0.4 is 15.4 Å². The summed E-state index contributed by atoms with van der Waals surface area (Å²) in [5.41, 5.74) is 3.58. The van der Waals surface area contributed by atoms with Gasteiger partial charge in [0.05, 0.1) is 22.3 Å². The smallest absolute Gasteiger partial charge is 0.124 e. The van der Waals surface area contributed by atoms with Gasteiger partial charge in [-0.3, -0.25) is 0 Å². The minimum Gasteiger partial charge on any atom is -0.496 e. The molecule has 3 aromatic rings. The summed E-state index contributed by atoms with van der Waals surface area (Å²) in [4.78, 5) is 4.63. The van der Waals surface area contributed by atoms with Gasteiger partial charge in [0.25, 0.3) is 0 Å². The highest BCUT2D eigenvalue weighted by atomic mass is 32.1. The molecule has 0 unspecified atom stereocenters. The van der Waals surface area contributed by atoms with Gasteiger partial charge in [0, 0.05) is 24.2 Å². The second-order valence-electron chi connectivity index (χ2n) is 6.84. The number of fused-ring (bicyclic) bond motifs is 1. The summed E-state index contributed by atoms with van der Waals surface area (Å²) >= 11 is 1.71. The molecule has 2 N–H and O–H groups in total. The quantitative estimate of drug-likeness (QED) is 0.710. The minimum atomic E-state index is 0.348. The van der Waals surface area contributed by atoms with Crippen LogP contribution in [-0.2, 0) is 6.54 Å². The molecule has 4 rings (SSSR count). The summed E-state index contributed by atoms with van der Waals surface area (Å²) < 4.78 is 6.82. The van der Waals surface area contributed by atoms with Gasteiger partial charge >= 0.3 is 0 Å². The van der Waals surface area contributed by atoms with Gasteiger partial charge in [-0.05, 0) is 44.0 Å². The molecule has 1 aromatic heterocycles. The molecule has 26 heavy (non-hydrogen) atoms. The molecule has 1 saturated heterocycles. The third-order valence-electron chi connectivity index (χ3n) is 5.07. The Kier molecular flexibility index (Phi) is 5.20. The Labute approximate surface area is 158 Å². The zero-order valence-electron chi connectivity index (χ0n) is 15.3. The first kappa shape index (κ1) is 17.5. The zero-order valence-corrected chi connectivity index (χ0v) is 16.1. The summed E-state index contributed by atoms with van der Waals surface area (Å²) in [6, 6.07) is 15.8. The lowest BCUT2D eigenvalue weighted by Crippen LogP contribution is -2.45. The molecule has 0 saturated carbocycles. The predicted molar refractivity (Wildman–Crippen MR) is 108 cm³/mol. The number of ether oxygens (including phenoxy) is 1.